The van der Waals surface area contributed by atoms with Crippen LogP contribution in [-0.2, 0) is 16.4 Å². The Balaban J connectivity index is 1.87. The molecule has 0 fully saturated rings. The standard InChI is InChI=1S/C18H20N2O3S/c1-12-9-10-14(11-17(12)24(19,22)23)18(21)20-16-8-4-6-13-5-2-3-7-15(13)16/h2-3,5,7,9-11,16H,4,6,8H2,1H3,(H,20,21)(H2,19,22,23)/t16-/m0/s1. The number of nitrogens with two attached hydrogens (primary N) is 1. The summed E-state index contributed by atoms with van der Waals surface area (Å²) in [5.41, 5.74) is 3.21. The summed E-state index contributed by atoms with van der Waals surface area (Å²) in [7, 11) is -3.85. The number of rotatable bonds is 3. The van der Waals surface area contributed by atoms with Gasteiger partial charge in [0, 0.05) is 5.56 Å². The van der Waals surface area contributed by atoms with Crippen molar-refractivity contribution in [3.05, 3.63) is 64.7 Å². The first kappa shape index (κ1) is 16.7. The van der Waals surface area contributed by atoms with Crippen LogP contribution in [0.1, 0.15) is 45.9 Å². The highest BCUT2D eigenvalue weighted by Crippen LogP contribution is 2.29. The summed E-state index contributed by atoms with van der Waals surface area (Å²) >= 11 is 0. The molecule has 0 radical (unpaired) electrons. The van der Waals surface area contributed by atoms with Crippen LogP contribution in [0.5, 0.6) is 0 Å². The second-order valence-electron chi connectivity index (χ2n) is 6.14. The molecule has 1 aliphatic carbocycles. The van der Waals surface area contributed by atoms with Gasteiger partial charge in [0.05, 0.1) is 10.9 Å². The van der Waals surface area contributed by atoms with Gasteiger partial charge in [0.2, 0.25) is 10.0 Å². The lowest BCUT2D eigenvalue weighted by Gasteiger charge is -2.26. The zero-order valence-corrected chi connectivity index (χ0v) is 14.3. The number of aryl methyl sites for hydroxylation is 2. The summed E-state index contributed by atoms with van der Waals surface area (Å²) < 4.78 is 23.3. The van der Waals surface area contributed by atoms with Gasteiger partial charge in [-0.2, -0.15) is 0 Å². The summed E-state index contributed by atoms with van der Waals surface area (Å²) in [5, 5.41) is 8.23. The fourth-order valence-electron chi connectivity index (χ4n) is 3.19. The lowest BCUT2D eigenvalue weighted by molar-refractivity contribution is 0.0932. The van der Waals surface area contributed by atoms with Gasteiger partial charge in [0.1, 0.15) is 0 Å². The fraction of sp³-hybridized carbons (Fsp3) is 0.278. The molecule has 0 bridgehead atoms. The number of primary sulfonamides is 1. The van der Waals surface area contributed by atoms with E-state index < -0.39 is 10.0 Å². The Labute approximate surface area is 141 Å². The normalized spacial score (nSPS) is 17.2. The van der Waals surface area contributed by atoms with E-state index in [0.717, 1.165) is 24.8 Å². The number of carbonyl (C=O) groups excluding carboxylic acids is 1. The summed E-state index contributed by atoms with van der Waals surface area (Å²) in [6.07, 6.45) is 2.90. The summed E-state index contributed by atoms with van der Waals surface area (Å²) in [6, 6.07) is 12.6. The van der Waals surface area contributed by atoms with Gasteiger partial charge in [-0.3, -0.25) is 4.79 Å². The number of fused-ring (bicyclic) bond motifs is 1. The minimum atomic E-state index is -3.85. The smallest absolute Gasteiger partial charge is 0.251 e. The van der Waals surface area contributed by atoms with Crippen LogP contribution in [0, 0.1) is 6.92 Å². The number of benzene rings is 2. The minimum absolute atomic E-state index is 0.0146. The average molecular weight is 344 g/mol. The molecule has 2 aromatic carbocycles. The van der Waals surface area contributed by atoms with E-state index in [1.165, 1.54) is 11.6 Å². The zero-order valence-electron chi connectivity index (χ0n) is 13.5. The van der Waals surface area contributed by atoms with Gasteiger partial charge in [-0.05, 0) is 55.0 Å². The number of hydrogen-bond donors (Lipinski definition) is 2. The SMILES string of the molecule is Cc1ccc(C(=O)N[C@H]2CCCc3ccccc32)cc1S(N)(=O)=O. The molecular weight excluding hydrogens is 324 g/mol. The first-order valence-corrected chi connectivity index (χ1v) is 9.43. The van der Waals surface area contributed by atoms with Gasteiger partial charge in [-0.1, -0.05) is 30.3 Å². The molecule has 3 N–H and O–H groups in total. The highest BCUT2D eigenvalue weighted by atomic mass is 32.2. The van der Waals surface area contributed by atoms with Crippen LogP contribution in [0.4, 0.5) is 0 Å². The molecule has 24 heavy (non-hydrogen) atoms. The van der Waals surface area contributed by atoms with Crippen LogP contribution in [-0.4, -0.2) is 14.3 Å². The second-order valence-corrected chi connectivity index (χ2v) is 7.67. The van der Waals surface area contributed by atoms with E-state index in [1.807, 2.05) is 18.2 Å². The molecule has 1 aliphatic rings. The van der Waals surface area contributed by atoms with Crippen LogP contribution in [0.2, 0.25) is 0 Å². The van der Waals surface area contributed by atoms with Gasteiger partial charge in [0.25, 0.3) is 5.91 Å². The van der Waals surface area contributed by atoms with Crippen molar-refractivity contribution < 1.29 is 13.2 Å². The summed E-state index contributed by atoms with van der Waals surface area (Å²) in [5.74, 6) is -0.290. The lowest BCUT2D eigenvalue weighted by atomic mass is 9.87. The highest BCUT2D eigenvalue weighted by Gasteiger charge is 2.22. The van der Waals surface area contributed by atoms with Crippen molar-refractivity contribution in [2.24, 2.45) is 5.14 Å². The molecule has 126 valence electrons. The topological polar surface area (TPSA) is 89.3 Å². The van der Waals surface area contributed by atoms with Crippen LogP contribution in [0.25, 0.3) is 0 Å². The van der Waals surface area contributed by atoms with E-state index in [4.69, 9.17) is 5.14 Å². The molecule has 5 nitrogen and oxygen atoms in total. The maximum absolute atomic E-state index is 12.6. The van der Waals surface area contributed by atoms with Crippen LogP contribution < -0.4 is 10.5 Å². The van der Waals surface area contributed by atoms with Gasteiger partial charge < -0.3 is 5.32 Å². The first-order valence-electron chi connectivity index (χ1n) is 7.88. The third-order valence-electron chi connectivity index (χ3n) is 4.43. The van der Waals surface area contributed by atoms with Gasteiger partial charge >= 0.3 is 0 Å². The average Bonchev–Trinajstić information content (AvgIpc) is 2.54. The molecule has 1 amide bonds. The van der Waals surface area contributed by atoms with E-state index in [-0.39, 0.29) is 16.8 Å². The molecular formula is C18H20N2O3S. The summed E-state index contributed by atoms with van der Waals surface area (Å²) in [6.45, 7) is 1.65. The van der Waals surface area contributed by atoms with Crippen molar-refractivity contribution in [3.63, 3.8) is 0 Å². The maximum atomic E-state index is 12.6. The van der Waals surface area contributed by atoms with E-state index >= 15 is 0 Å². The van der Waals surface area contributed by atoms with Crippen molar-refractivity contribution in [3.8, 4) is 0 Å². The minimum Gasteiger partial charge on any atom is -0.345 e. The Morgan fingerprint density at radius 2 is 1.96 bits per heavy atom. The number of carbonyl (C=O) groups is 1. The Kier molecular flexibility index (Phi) is 4.43. The molecule has 0 heterocycles. The molecule has 0 aromatic heterocycles. The largest absolute Gasteiger partial charge is 0.345 e. The Hall–Kier alpha value is -2.18. The predicted molar refractivity (Wildman–Crippen MR) is 92.1 cm³/mol. The van der Waals surface area contributed by atoms with Crippen LogP contribution in [0.3, 0.4) is 0 Å². The van der Waals surface area contributed by atoms with Crippen LogP contribution >= 0.6 is 0 Å². The monoisotopic (exact) mass is 344 g/mol. The first-order chi connectivity index (χ1) is 11.4. The third kappa shape index (κ3) is 3.34. The molecule has 0 saturated carbocycles. The van der Waals surface area contributed by atoms with Crippen molar-refractivity contribution in [2.75, 3.05) is 0 Å². The van der Waals surface area contributed by atoms with Gasteiger partial charge in [-0.15, -0.1) is 0 Å². The molecule has 6 heteroatoms. The third-order valence-corrected chi connectivity index (χ3v) is 5.48. The van der Waals surface area contributed by atoms with Gasteiger partial charge in [-0.25, -0.2) is 13.6 Å². The molecule has 1 atom stereocenters. The molecule has 0 aliphatic heterocycles. The summed E-state index contributed by atoms with van der Waals surface area (Å²) in [4.78, 5) is 12.6. The second kappa shape index (κ2) is 6.37. The van der Waals surface area contributed by atoms with Crippen molar-refractivity contribution in [2.45, 2.75) is 37.1 Å². The van der Waals surface area contributed by atoms with Crippen molar-refractivity contribution in [1.29, 1.82) is 0 Å². The molecule has 3 rings (SSSR count). The molecule has 0 unspecified atom stereocenters. The highest BCUT2D eigenvalue weighted by molar-refractivity contribution is 7.89. The quantitative estimate of drug-likeness (QED) is 0.896. The van der Waals surface area contributed by atoms with E-state index in [2.05, 4.69) is 11.4 Å². The van der Waals surface area contributed by atoms with E-state index in [0.29, 0.717) is 11.1 Å². The maximum Gasteiger partial charge on any atom is 0.251 e. The molecule has 0 spiro atoms. The Bertz CT molecular complexity index is 891. The van der Waals surface area contributed by atoms with Crippen molar-refractivity contribution in [1.82, 2.24) is 5.32 Å². The Morgan fingerprint density at radius 1 is 1.21 bits per heavy atom. The molecule has 2 aromatic rings. The molecule has 0 saturated heterocycles. The fourth-order valence-corrected chi connectivity index (χ4v) is 4.00. The number of hydrogen-bond acceptors (Lipinski definition) is 3. The lowest BCUT2D eigenvalue weighted by Crippen LogP contribution is -2.31. The predicted octanol–water partition coefficient (Wildman–Crippen LogP) is 2.45. The van der Waals surface area contributed by atoms with Crippen LogP contribution in [0.15, 0.2) is 47.4 Å². The number of amides is 1. The van der Waals surface area contributed by atoms with Crippen molar-refractivity contribution >= 4 is 15.9 Å². The Morgan fingerprint density at radius 3 is 2.71 bits per heavy atom. The van der Waals surface area contributed by atoms with Gasteiger partial charge in [0.15, 0.2) is 0 Å². The van der Waals surface area contributed by atoms with E-state index in [9.17, 15) is 13.2 Å². The number of sulfonamides is 1. The number of nitrogens with one attached hydrogen (secondary N) is 1. The zero-order chi connectivity index (χ0) is 17.3. The van der Waals surface area contributed by atoms with E-state index in [1.54, 1.807) is 19.1 Å².